The number of fused-ring (bicyclic) bond motifs is 2. The van der Waals surface area contributed by atoms with Crippen LogP contribution in [0.15, 0.2) is 0 Å². The predicted molar refractivity (Wildman–Crippen MR) is 48.9 cm³/mol. The summed E-state index contributed by atoms with van der Waals surface area (Å²) in [4.78, 5) is 0. The number of sulfonamides is 1. The lowest BCUT2D eigenvalue weighted by atomic mass is 9.96. The number of hydrogen-bond donors (Lipinski definition) is 1. The molecule has 0 aliphatic carbocycles. The molecule has 0 aromatic carbocycles. The van der Waals surface area contributed by atoms with Crippen LogP contribution in [-0.4, -0.2) is 32.4 Å². The zero-order valence-corrected chi connectivity index (χ0v) is 8.51. The molecule has 5 heteroatoms. The summed E-state index contributed by atoms with van der Waals surface area (Å²) < 4.78 is 30.8. The molecule has 0 aromatic rings. The highest BCUT2D eigenvalue weighted by molar-refractivity contribution is 7.89. The van der Waals surface area contributed by atoms with E-state index >= 15 is 0 Å². The van der Waals surface area contributed by atoms with E-state index in [2.05, 4.69) is 4.72 Å². The van der Waals surface area contributed by atoms with Crippen molar-refractivity contribution in [2.75, 3.05) is 5.75 Å². The fourth-order valence-corrected chi connectivity index (χ4v) is 2.95. The van der Waals surface area contributed by atoms with Crippen LogP contribution >= 0.6 is 0 Å². The monoisotopic (exact) mass is 205 g/mol. The Kier molecular flexibility index (Phi) is 2.33. The van der Waals surface area contributed by atoms with Crippen LogP contribution in [0, 0.1) is 0 Å². The second kappa shape index (κ2) is 3.22. The van der Waals surface area contributed by atoms with E-state index in [1.54, 1.807) is 6.92 Å². The highest BCUT2D eigenvalue weighted by Gasteiger charge is 2.41. The molecule has 4 nitrogen and oxygen atoms in total. The fourth-order valence-electron chi connectivity index (χ4n) is 2.08. The van der Waals surface area contributed by atoms with E-state index < -0.39 is 10.0 Å². The molecule has 0 aromatic heterocycles. The van der Waals surface area contributed by atoms with Crippen molar-refractivity contribution in [3.8, 4) is 0 Å². The van der Waals surface area contributed by atoms with Crippen LogP contribution in [0.4, 0.5) is 0 Å². The first-order valence-corrected chi connectivity index (χ1v) is 6.41. The SMILES string of the molecule is CCS(=O)(=O)N[C@H]1CC2CCC1O2. The molecule has 0 spiro atoms. The summed E-state index contributed by atoms with van der Waals surface area (Å²) in [6.07, 6.45) is 3.38. The molecule has 76 valence electrons. The van der Waals surface area contributed by atoms with E-state index in [1.165, 1.54) is 0 Å². The van der Waals surface area contributed by atoms with Gasteiger partial charge in [0.1, 0.15) is 0 Å². The fraction of sp³-hybridized carbons (Fsp3) is 1.00. The molecule has 2 heterocycles. The zero-order valence-electron chi connectivity index (χ0n) is 7.69. The average molecular weight is 205 g/mol. The first-order valence-electron chi connectivity index (χ1n) is 4.76. The Morgan fingerprint density at radius 3 is 2.69 bits per heavy atom. The number of rotatable bonds is 3. The molecule has 2 rings (SSSR count). The van der Waals surface area contributed by atoms with Gasteiger partial charge in [0.2, 0.25) is 10.0 Å². The van der Waals surface area contributed by atoms with Gasteiger partial charge in [-0.15, -0.1) is 0 Å². The summed E-state index contributed by atoms with van der Waals surface area (Å²) in [7, 11) is -3.06. The minimum Gasteiger partial charge on any atom is -0.373 e. The van der Waals surface area contributed by atoms with E-state index in [0.29, 0.717) is 6.10 Å². The van der Waals surface area contributed by atoms with Gasteiger partial charge < -0.3 is 4.74 Å². The predicted octanol–water partition coefficient (Wildman–Crippen LogP) is 0.246. The highest BCUT2D eigenvalue weighted by Crippen LogP contribution is 2.34. The number of nitrogens with one attached hydrogen (secondary N) is 1. The molecular weight excluding hydrogens is 190 g/mol. The van der Waals surface area contributed by atoms with Crippen molar-refractivity contribution in [3.63, 3.8) is 0 Å². The van der Waals surface area contributed by atoms with Crippen LogP contribution in [-0.2, 0) is 14.8 Å². The highest BCUT2D eigenvalue weighted by atomic mass is 32.2. The molecule has 2 aliphatic rings. The Hall–Kier alpha value is -0.130. The molecule has 2 saturated heterocycles. The van der Waals surface area contributed by atoms with Gasteiger partial charge in [0.05, 0.1) is 24.0 Å². The van der Waals surface area contributed by atoms with E-state index in [4.69, 9.17) is 4.74 Å². The van der Waals surface area contributed by atoms with Gasteiger partial charge in [-0.1, -0.05) is 0 Å². The maximum Gasteiger partial charge on any atom is 0.211 e. The van der Waals surface area contributed by atoms with Crippen molar-refractivity contribution in [1.82, 2.24) is 4.72 Å². The van der Waals surface area contributed by atoms with Crippen LogP contribution < -0.4 is 4.72 Å². The van der Waals surface area contributed by atoms with Crippen molar-refractivity contribution in [2.24, 2.45) is 0 Å². The number of hydrogen-bond acceptors (Lipinski definition) is 3. The topological polar surface area (TPSA) is 55.4 Å². The summed E-state index contributed by atoms with van der Waals surface area (Å²) in [5.41, 5.74) is 0. The van der Waals surface area contributed by atoms with Crippen LogP contribution in [0.3, 0.4) is 0 Å². The van der Waals surface area contributed by atoms with Gasteiger partial charge in [0.15, 0.2) is 0 Å². The van der Waals surface area contributed by atoms with Gasteiger partial charge in [-0.3, -0.25) is 0 Å². The third kappa shape index (κ3) is 1.87. The second-order valence-electron chi connectivity index (χ2n) is 3.74. The third-order valence-electron chi connectivity index (χ3n) is 2.82. The zero-order chi connectivity index (χ0) is 9.47. The van der Waals surface area contributed by atoms with Crippen LogP contribution in [0.5, 0.6) is 0 Å². The molecule has 2 unspecified atom stereocenters. The molecule has 0 saturated carbocycles. The quantitative estimate of drug-likeness (QED) is 0.718. The number of ether oxygens (including phenoxy) is 1. The van der Waals surface area contributed by atoms with Crippen molar-refractivity contribution >= 4 is 10.0 Å². The van der Waals surface area contributed by atoms with Crippen molar-refractivity contribution in [3.05, 3.63) is 0 Å². The first kappa shape index (κ1) is 9.43. The average Bonchev–Trinajstić information content (AvgIpc) is 2.64. The molecule has 2 aliphatic heterocycles. The van der Waals surface area contributed by atoms with Crippen molar-refractivity contribution in [1.29, 1.82) is 0 Å². The summed E-state index contributed by atoms with van der Waals surface area (Å²) in [6, 6.07) is 0.0312. The summed E-state index contributed by atoms with van der Waals surface area (Å²) in [5, 5.41) is 0. The van der Waals surface area contributed by atoms with Crippen molar-refractivity contribution in [2.45, 2.75) is 44.4 Å². The van der Waals surface area contributed by atoms with E-state index in [1.807, 2.05) is 0 Å². The lowest BCUT2D eigenvalue weighted by molar-refractivity contribution is 0.0996. The van der Waals surface area contributed by atoms with Crippen LogP contribution in [0.25, 0.3) is 0 Å². The van der Waals surface area contributed by atoms with Gasteiger partial charge in [-0.2, -0.15) is 0 Å². The molecule has 1 N–H and O–H groups in total. The van der Waals surface area contributed by atoms with Gasteiger partial charge in [0.25, 0.3) is 0 Å². The lowest BCUT2D eigenvalue weighted by Crippen LogP contribution is -2.41. The van der Waals surface area contributed by atoms with Gasteiger partial charge in [0, 0.05) is 0 Å². The van der Waals surface area contributed by atoms with E-state index in [-0.39, 0.29) is 17.9 Å². The largest absolute Gasteiger partial charge is 0.373 e. The molecule has 3 atom stereocenters. The Labute approximate surface area is 78.7 Å². The minimum atomic E-state index is -3.06. The van der Waals surface area contributed by atoms with Crippen LogP contribution in [0.1, 0.15) is 26.2 Å². The van der Waals surface area contributed by atoms with E-state index in [0.717, 1.165) is 19.3 Å². The smallest absolute Gasteiger partial charge is 0.211 e. The third-order valence-corrected chi connectivity index (χ3v) is 4.24. The molecular formula is C8H15NO3S. The van der Waals surface area contributed by atoms with Crippen LogP contribution in [0.2, 0.25) is 0 Å². The van der Waals surface area contributed by atoms with Crippen molar-refractivity contribution < 1.29 is 13.2 Å². The Morgan fingerprint density at radius 1 is 1.46 bits per heavy atom. The first-order chi connectivity index (χ1) is 6.11. The van der Waals surface area contributed by atoms with Gasteiger partial charge in [-0.05, 0) is 26.2 Å². The van der Waals surface area contributed by atoms with E-state index in [9.17, 15) is 8.42 Å². The molecule has 2 fully saturated rings. The molecule has 13 heavy (non-hydrogen) atoms. The second-order valence-corrected chi connectivity index (χ2v) is 5.78. The molecule has 0 radical (unpaired) electrons. The standard InChI is InChI=1S/C8H15NO3S/c1-2-13(10,11)9-7-5-6-3-4-8(7)12-6/h6-9H,2-5H2,1H3/t6?,7-,8?/m0/s1. The Balaban J connectivity index is 1.97. The summed E-state index contributed by atoms with van der Waals surface area (Å²) in [5.74, 6) is 0.154. The summed E-state index contributed by atoms with van der Waals surface area (Å²) >= 11 is 0. The normalized spacial score (nSPS) is 38.4. The molecule has 2 bridgehead atoms. The van der Waals surface area contributed by atoms with Gasteiger partial charge >= 0.3 is 0 Å². The summed E-state index contributed by atoms with van der Waals surface area (Å²) in [6.45, 7) is 1.65. The maximum atomic E-state index is 11.3. The lowest BCUT2D eigenvalue weighted by Gasteiger charge is -2.19. The maximum absolute atomic E-state index is 11.3. The Bertz CT molecular complexity index is 288. The van der Waals surface area contributed by atoms with Gasteiger partial charge in [-0.25, -0.2) is 13.1 Å². The minimum absolute atomic E-state index is 0.0312. The molecule has 0 amide bonds. The Morgan fingerprint density at radius 2 is 2.23 bits per heavy atom.